The number of hydrogen-bond donors (Lipinski definition) is 2. The molecule has 4 fully saturated rings. The molecule has 9 heteroatoms. The first-order valence-corrected chi connectivity index (χ1v) is 13.4. The molecule has 0 amide bonds. The Balaban J connectivity index is 1.40. The van der Waals surface area contributed by atoms with E-state index in [0.717, 1.165) is 11.3 Å². The number of furan rings is 1. The van der Waals surface area contributed by atoms with Gasteiger partial charge in [-0.05, 0) is 75.3 Å². The minimum atomic E-state index is -2.23. The number of carbonyl (C=O) groups excluding carboxylic acids is 2. The molecule has 1 unspecified atom stereocenters. The van der Waals surface area contributed by atoms with Crippen molar-refractivity contribution in [3.8, 4) is 0 Å². The first-order valence-electron chi connectivity index (χ1n) is 13.4. The van der Waals surface area contributed by atoms with Gasteiger partial charge < -0.3 is 14.6 Å². The molecule has 2 heterocycles. The number of rotatable bonds is 4. The third-order valence-electron chi connectivity index (χ3n) is 10.8. The minimum Gasteiger partial charge on any atom is -0.465 e. The number of aliphatic hydroxyl groups is 2. The Labute approximate surface area is 220 Å². The van der Waals surface area contributed by atoms with E-state index in [0.29, 0.717) is 25.3 Å². The Morgan fingerprint density at radius 1 is 1.24 bits per heavy atom. The van der Waals surface area contributed by atoms with Gasteiger partial charge >= 0.3 is 0 Å². The van der Waals surface area contributed by atoms with Crippen molar-refractivity contribution in [2.75, 3.05) is 13.2 Å². The Morgan fingerprint density at radius 2 is 1.97 bits per heavy atom. The molecule has 0 radical (unpaired) electrons. The van der Waals surface area contributed by atoms with Gasteiger partial charge in [-0.2, -0.15) is 5.06 Å². The molecule has 1 aromatic rings. The SMILES string of the molecule is Cc1cc(CN2C[C@@H]3CC4[C@@H]5C[C@H](F)C6=CC(=O)C=C[C@]6(C)[C@@]5(F)[C@@H](O)C[C@]4(C)[C@]3(C(=O)CO)O2)oc1C. The van der Waals surface area contributed by atoms with Crippen LogP contribution in [-0.4, -0.2) is 63.5 Å². The van der Waals surface area contributed by atoms with E-state index in [-0.39, 0.29) is 24.3 Å². The summed E-state index contributed by atoms with van der Waals surface area (Å²) in [6.07, 6.45) is 0.838. The quantitative estimate of drug-likeness (QED) is 0.614. The van der Waals surface area contributed by atoms with Gasteiger partial charge in [-0.1, -0.05) is 13.0 Å². The van der Waals surface area contributed by atoms with Gasteiger partial charge in [0.05, 0.1) is 12.6 Å². The predicted octanol–water partition coefficient (Wildman–Crippen LogP) is 3.49. The van der Waals surface area contributed by atoms with Gasteiger partial charge in [0.1, 0.15) is 24.3 Å². The number of aliphatic hydroxyl groups excluding tert-OH is 2. The summed E-state index contributed by atoms with van der Waals surface area (Å²) in [4.78, 5) is 32.0. The van der Waals surface area contributed by atoms with Crippen molar-refractivity contribution in [2.24, 2.45) is 28.6 Å². The van der Waals surface area contributed by atoms with Crippen LogP contribution in [0.4, 0.5) is 8.78 Å². The lowest BCUT2D eigenvalue weighted by atomic mass is 9.44. The van der Waals surface area contributed by atoms with Crippen LogP contribution in [0.3, 0.4) is 0 Å². The normalized spacial score (nSPS) is 45.8. The van der Waals surface area contributed by atoms with Crippen LogP contribution >= 0.6 is 0 Å². The molecule has 7 nitrogen and oxygen atoms in total. The maximum absolute atomic E-state index is 17.4. The van der Waals surface area contributed by atoms with Crippen molar-refractivity contribution >= 4 is 11.6 Å². The molecular weight excluding hydrogens is 496 g/mol. The molecule has 1 aliphatic heterocycles. The summed E-state index contributed by atoms with van der Waals surface area (Å²) in [5, 5.41) is 23.3. The Kier molecular flexibility index (Phi) is 5.59. The molecule has 0 bridgehead atoms. The fourth-order valence-electron chi connectivity index (χ4n) is 8.94. The Hall–Kier alpha value is -2.20. The van der Waals surface area contributed by atoms with E-state index in [1.54, 1.807) is 12.0 Å². The third-order valence-corrected chi connectivity index (χ3v) is 10.8. The number of halogens is 2. The number of ketones is 2. The van der Waals surface area contributed by atoms with Gasteiger partial charge in [0, 0.05) is 29.2 Å². The lowest BCUT2D eigenvalue weighted by molar-refractivity contribution is -0.270. The van der Waals surface area contributed by atoms with E-state index in [4.69, 9.17) is 9.25 Å². The number of Topliss-reactive ketones (excluding diaryl/α,β-unsaturated/α-hetero) is 1. The van der Waals surface area contributed by atoms with Crippen LogP contribution < -0.4 is 0 Å². The highest BCUT2D eigenvalue weighted by atomic mass is 19.1. The van der Waals surface area contributed by atoms with Crippen LogP contribution in [0.2, 0.25) is 0 Å². The maximum Gasteiger partial charge on any atom is 0.192 e. The molecule has 4 aliphatic carbocycles. The van der Waals surface area contributed by atoms with Crippen LogP contribution in [0.15, 0.2) is 34.3 Å². The number of hydroxylamine groups is 2. The van der Waals surface area contributed by atoms with Gasteiger partial charge in [0.2, 0.25) is 0 Å². The zero-order valence-corrected chi connectivity index (χ0v) is 22.2. The van der Waals surface area contributed by atoms with Crippen molar-refractivity contribution in [2.45, 2.75) is 77.0 Å². The smallest absolute Gasteiger partial charge is 0.192 e. The summed E-state index contributed by atoms with van der Waals surface area (Å²) in [6.45, 7) is 7.08. The van der Waals surface area contributed by atoms with Crippen LogP contribution in [-0.2, 0) is 21.0 Å². The first-order chi connectivity index (χ1) is 17.8. The Morgan fingerprint density at radius 3 is 2.63 bits per heavy atom. The standard InChI is InChI=1S/C29H35F2NO6/c1-15-7-19(37-16(15)2)13-32-12-17-8-20-21-10-23(30)22-9-18(34)5-6-26(22,3)28(21,31)24(35)11-27(20,4)29(17,38-32)25(36)14-33/h5-7,9,17,20-21,23-24,33,35H,8,10-14H2,1-4H3/t17-,20?,21-,23-,24-,26-,27-,28-,29-/m0/s1. The monoisotopic (exact) mass is 531 g/mol. The average molecular weight is 532 g/mol. The van der Waals surface area contributed by atoms with Crippen LogP contribution in [0, 0.1) is 42.4 Å². The van der Waals surface area contributed by atoms with Crippen molar-refractivity contribution in [3.63, 3.8) is 0 Å². The van der Waals surface area contributed by atoms with Gasteiger partial charge in [-0.15, -0.1) is 0 Å². The van der Waals surface area contributed by atoms with E-state index < -0.39 is 64.4 Å². The number of carbonyl (C=O) groups is 2. The molecule has 38 heavy (non-hydrogen) atoms. The van der Waals surface area contributed by atoms with Crippen molar-refractivity contribution < 1.29 is 37.8 Å². The van der Waals surface area contributed by atoms with Gasteiger partial charge in [-0.3, -0.25) is 14.4 Å². The fraction of sp³-hybridized carbons (Fsp3) is 0.655. The minimum absolute atomic E-state index is 0.0669. The second-order valence-electron chi connectivity index (χ2n) is 12.5. The zero-order valence-electron chi connectivity index (χ0n) is 22.2. The van der Waals surface area contributed by atoms with Crippen LogP contribution in [0.1, 0.15) is 50.2 Å². The summed E-state index contributed by atoms with van der Waals surface area (Å²) in [6, 6.07) is 1.91. The summed E-state index contributed by atoms with van der Waals surface area (Å²) in [5.41, 5.74) is -5.18. The lowest BCUT2D eigenvalue weighted by Crippen LogP contribution is -2.70. The van der Waals surface area contributed by atoms with Gasteiger partial charge in [-0.25, -0.2) is 8.78 Å². The van der Waals surface area contributed by atoms with Crippen molar-refractivity contribution in [1.29, 1.82) is 0 Å². The number of aryl methyl sites for hydroxylation is 2. The molecule has 6 rings (SSSR count). The summed E-state index contributed by atoms with van der Waals surface area (Å²) < 4.78 is 38.9. The predicted molar refractivity (Wildman–Crippen MR) is 132 cm³/mol. The third kappa shape index (κ3) is 3.02. The van der Waals surface area contributed by atoms with Crippen molar-refractivity contribution in [1.82, 2.24) is 5.06 Å². The summed E-state index contributed by atoms with van der Waals surface area (Å²) in [5.74, 6) is -1.20. The molecular formula is C29H35F2NO6. The van der Waals surface area contributed by atoms with E-state index >= 15 is 8.78 Å². The number of allylic oxidation sites excluding steroid dienone is 4. The number of nitrogens with zero attached hydrogens (tertiary/aromatic N) is 1. The largest absolute Gasteiger partial charge is 0.465 e. The topological polar surface area (TPSA) is 100 Å². The van der Waals surface area contributed by atoms with Gasteiger partial charge in [0.15, 0.2) is 22.8 Å². The molecule has 0 spiro atoms. The maximum atomic E-state index is 17.4. The zero-order chi connectivity index (χ0) is 27.4. The van der Waals surface area contributed by atoms with E-state index in [9.17, 15) is 19.8 Å². The second-order valence-corrected chi connectivity index (χ2v) is 12.5. The summed E-state index contributed by atoms with van der Waals surface area (Å²) in [7, 11) is 0. The highest BCUT2D eigenvalue weighted by Gasteiger charge is 2.79. The first kappa shape index (κ1) is 26.0. The molecule has 3 saturated carbocycles. The molecule has 9 atom stereocenters. The Bertz CT molecular complexity index is 1250. The van der Waals surface area contributed by atoms with Gasteiger partial charge in [0.25, 0.3) is 0 Å². The second kappa shape index (κ2) is 8.16. The molecule has 0 aromatic carbocycles. The molecule has 1 saturated heterocycles. The van der Waals surface area contributed by atoms with Crippen molar-refractivity contribution in [3.05, 3.63) is 47.0 Å². The van der Waals surface area contributed by atoms with Crippen LogP contribution in [0.25, 0.3) is 0 Å². The number of fused-ring (bicyclic) bond motifs is 7. The van der Waals surface area contributed by atoms with E-state index in [2.05, 4.69) is 0 Å². The molecule has 206 valence electrons. The molecule has 1 aromatic heterocycles. The molecule has 5 aliphatic rings. The number of alkyl halides is 2. The number of hydrogen-bond acceptors (Lipinski definition) is 7. The molecule has 2 N–H and O–H groups in total. The highest BCUT2D eigenvalue weighted by molar-refractivity contribution is 6.01. The summed E-state index contributed by atoms with van der Waals surface area (Å²) >= 11 is 0. The van der Waals surface area contributed by atoms with Crippen LogP contribution in [0.5, 0.6) is 0 Å². The lowest BCUT2D eigenvalue weighted by Gasteiger charge is -2.63. The fourth-order valence-corrected chi connectivity index (χ4v) is 8.94. The van der Waals surface area contributed by atoms with E-state index in [1.165, 1.54) is 18.2 Å². The average Bonchev–Trinajstić information content (AvgIpc) is 3.46. The highest BCUT2D eigenvalue weighted by Crippen LogP contribution is 2.72. The van der Waals surface area contributed by atoms with E-state index in [1.807, 2.05) is 26.8 Å².